The third-order valence-corrected chi connectivity index (χ3v) is 4.56. The molecule has 2 rings (SSSR count). The summed E-state index contributed by atoms with van der Waals surface area (Å²) in [4.78, 5) is 26.2. The second kappa shape index (κ2) is 6.30. The van der Waals surface area contributed by atoms with E-state index in [4.69, 9.17) is 0 Å². The summed E-state index contributed by atoms with van der Waals surface area (Å²) in [6.07, 6.45) is 1.53. The largest absolute Gasteiger partial charge is 0.352 e. The van der Waals surface area contributed by atoms with Crippen LogP contribution in [-0.2, 0) is 4.79 Å². The van der Waals surface area contributed by atoms with E-state index in [0.717, 1.165) is 0 Å². The highest BCUT2D eigenvalue weighted by molar-refractivity contribution is 7.99. The lowest BCUT2D eigenvalue weighted by Gasteiger charge is -2.25. The van der Waals surface area contributed by atoms with Crippen LogP contribution >= 0.6 is 11.8 Å². The normalized spacial score (nSPS) is 20.2. The molecule has 1 fully saturated rings. The van der Waals surface area contributed by atoms with E-state index in [2.05, 4.69) is 29.4 Å². The number of hydrogen-bond donors (Lipinski definition) is 2. The van der Waals surface area contributed by atoms with E-state index in [1.54, 1.807) is 22.7 Å². The summed E-state index contributed by atoms with van der Waals surface area (Å²) in [7, 11) is 0. The first-order chi connectivity index (χ1) is 9.50. The van der Waals surface area contributed by atoms with Crippen molar-refractivity contribution < 1.29 is 9.59 Å². The number of amides is 2. The number of aromatic nitrogens is 2. The Morgan fingerprint density at radius 3 is 2.85 bits per heavy atom. The van der Waals surface area contributed by atoms with Gasteiger partial charge in [0.05, 0.1) is 5.88 Å². The maximum Gasteiger partial charge on any atom is 0.273 e. The predicted octanol–water partition coefficient (Wildman–Crippen LogP) is 1.09. The molecular formula is C13H20N4O2S. The van der Waals surface area contributed by atoms with Crippen LogP contribution in [0.15, 0.2) is 12.3 Å². The molecule has 2 unspecified atom stereocenters. The molecule has 6 nitrogen and oxygen atoms in total. The molecule has 0 saturated carbocycles. The van der Waals surface area contributed by atoms with Crippen molar-refractivity contribution in [1.29, 1.82) is 0 Å². The summed E-state index contributed by atoms with van der Waals surface area (Å²) in [6.45, 7) is 6.09. The van der Waals surface area contributed by atoms with Crippen LogP contribution in [-0.4, -0.2) is 50.6 Å². The lowest BCUT2D eigenvalue weighted by molar-refractivity contribution is -0.125. The zero-order chi connectivity index (χ0) is 14.7. The fourth-order valence-electron chi connectivity index (χ4n) is 1.88. The first-order valence-electron chi connectivity index (χ1n) is 6.69. The zero-order valence-electron chi connectivity index (χ0n) is 11.9. The van der Waals surface area contributed by atoms with Crippen molar-refractivity contribution in [2.24, 2.45) is 5.92 Å². The molecule has 1 aromatic rings. The number of carbonyl (C=O) groups is 2. The Morgan fingerprint density at radius 1 is 1.50 bits per heavy atom. The third kappa shape index (κ3) is 3.15. The summed E-state index contributed by atoms with van der Waals surface area (Å²) in [6, 6.07) is 1.31. The Kier molecular flexibility index (Phi) is 4.69. The summed E-state index contributed by atoms with van der Waals surface area (Å²) < 4.78 is 0. The molecule has 1 aliphatic heterocycles. The number of nitrogens with zero attached hydrogens (tertiary/aromatic N) is 2. The first-order valence-corrected chi connectivity index (χ1v) is 7.84. The molecule has 7 heteroatoms. The van der Waals surface area contributed by atoms with Crippen molar-refractivity contribution in [2.75, 3.05) is 11.6 Å². The summed E-state index contributed by atoms with van der Waals surface area (Å²) in [5, 5.41) is 9.41. The van der Waals surface area contributed by atoms with Crippen molar-refractivity contribution in [3.05, 3.63) is 18.0 Å². The van der Waals surface area contributed by atoms with E-state index >= 15 is 0 Å². The smallest absolute Gasteiger partial charge is 0.273 e. The van der Waals surface area contributed by atoms with Gasteiger partial charge in [-0.15, -0.1) is 11.8 Å². The number of thioether (sulfide) groups is 1. The monoisotopic (exact) mass is 296 g/mol. The van der Waals surface area contributed by atoms with Crippen molar-refractivity contribution in [1.82, 2.24) is 20.4 Å². The van der Waals surface area contributed by atoms with Crippen LogP contribution in [0.4, 0.5) is 0 Å². The van der Waals surface area contributed by atoms with Gasteiger partial charge in [-0.1, -0.05) is 13.8 Å². The van der Waals surface area contributed by atoms with Gasteiger partial charge in [-0.25, -0.2) is 0 Å². The molecule has 110 valence electrons. The van der Waals surface area contributed by atoms with Crippen molar-refractivity contribution in [2.45, 2.75) is 32.9 Å². The van der Waals surface area contributed by atoms with E-state index in [0.29, 0.717) is 23.2 Å². The molecule has 0 aliphatic carbocycles. The minimum Gasteiger partial charge on any atom is -0.352 e. The van der Waals surface area contributed by atoms with Gasteiger partial charge in [0.15, 0.2) is 0 Å². The molecular weight excluding hydrogens is 276 g/mol. The molecule has 2 heterocycles. The molecule has 2 amide bonds. The van der Waals surface area contributed by atoms with Crippen LogP contribution in [0.2, 0.25) is 0 Å². The topological polar surface area (TPSA) is 78.1 Å². The Hall–Kier alpha value is -1.50. The lowest BCUT2D eigenvalue weighted by atomic mass is 10.1. The third-order valence-electron chi connectivity index (χ3n) is 3.55. The highest BCUT2D eigenvalue weighted by Gasteiger charge is 2.36. The van der Waals surface area contributed by atoms with Gasteiger partial charge in [0.25, 0.3) is 5.91 Å². The van der Waals surface area contributed by atoms with Gasteiger partial charge in [0.2, 0.25) is 5.91 Å². The minimum atomic E-state index is -0.406. The SMILES string of the molecule is CC(C)C(C)NC(=O)C1CSCN1C(=O)c1ccn[nH]1. The predicted molar refractivity (Wildman–Crippen MR) is 78.3 cm³/mol. The molecule has 0 bridgehead atoms. The average Bonchev–Trinajstić information content (AvgIpc) is 3.08. The Morgan fingerprint density at radius 2 is 2.25 bits per heavy atom. The van der Waals surface area contributed by atoms with Crippen LogP contribution in [0.5, 0.6) is 0 Å². The summed E-state index contributed by atoms with van der Waals surface area (Å²) in [5.74, 6) is 1.28. The number of H-pyrrole nitrogens is 1. The van der Waals surface area contributed by atoms with Gasteiger partial charge in [0.1, 0.15) is 11.7 Å². The number of carbonyl (C=O) groups excluding carboxylic acids is 2. The molecule has 0 spiro atoms. The summed E-state index contributed by atoms with van der Waals surface area (Å²) in [5.41, 5.74) is 0.419. The minimum absolute atomic E-state index is 0.0796. The van der Waals surface area contributed by atoms with Crippen molar-refractivity contribution >= 4 is 23.6 Å². The molecule has 2 atom stereocenters. The van der Waals surface area contributed by atoms with Crippen LogP contribution in [0.3, 0.4) is 0 Å². The molecule has 1 aliphatic rings. The van der Waals surface area contributed by atoms with Gasteiger partial charge in [-0.05, 0) is 18.9 Å². The van der Waals surface area contributed by atoms with E-state index < -0.39 is 6.04 Å². The van der Waals surface area contributed by atoms with Crippen LogP contribution < -0.4 is 5.32 Å². The van der Waals surface area contributed by atoms with Gasteiger partial charge >= 0.3 is 0 Å². The molecule has 1 saturated heterocycles. The second-order valence-electron chi connectivity index (χ2n) is 5.30. The average molecular weight is 296 g/mol. The number of rotatable bonds is 4. The summed E-state index contributed by atoms with van der Waals surface area (Å²) >= 11 is 1.59. The molecule has 2 N–H and O–H groups in total. The molecule has 20 heavy (non-hydrogen) atoms. The number of aromatic amines is 1. The second-order valence-corrected chi connectivity index (χ2v) is 6.30. The Labute approximate surface area is 122 Å². The highest BCUT2D eigenvalue weighted by Crippen LogP contribution is 2.23. The maximum atomic E-state index is 12.3. The van der Waals surface area contributed by atoms with Gasteiger partial charge in [-0.3, -0.25) is 14.7 Å². The van der Waals surface area contributed by atoms with E-state index in [1.165, 1.54) is 6.20 Å². The van der Waals surface area contributed by atoms with Crippen molar-refractivity contribution in [3.8, 4) is 0 Å². The van der Waals surface area contributed by atoms with Gasteiger partial charge in [0, 0.05) is 18.0 Å². The highest BCUT2D eigenvalue weighted by atomic mass is 32.2. The number of hydrogen-bond acceptors (Lipinski definition) is 4. The molecule has 1 aromatic heterocycles. The van der Waals surface area contributed by atoms with Crippen LogP contribution in [0.1, 0.15) is 31.3 Å². The standard InChI is InChI=1S/C13H20N4O2S/c1-8(2)9(3)15-12(18)11-6-20-7-17(11)13(19)10-4-5-14-16-10/h4-5,8-9,11H,6-7H2,1-3H3,(H,14,16)(H,15,18). The lowest BCUT2D eigenvalue weighted by Crippen LogP contribution is -2.50. The van der Waals surface area contributed by atoms with Gasteiger partial charge in [-0.2, -0.15) is 5.10 Å². The van der Waals surface area contributed by atoms with Gasteiger partial charge < -0.3 is 10.2 Å². The molecule has 0 aromatic carbocycles. The van der Waals surface area contributed by atoms with Crippen LogP contribution in [0, 0.1) is 5.92 Å². The van der Waals surface area contributed by atoms with E-state index in [1.807, 2.05) is 6.92 Å². The Bertz CT molecular complexity index is 475. The fraction of sp³-hybridized carbons (Fsp3) is 0.615. The maximum absolute atomic E-state index is 12.3. The first kappa shape index (κ1) is 14.9. The zero-order valence-corrected chi connectivity index (χ0v) is 12.7. The van der Waals surface area contributed by atoms with E-state index in [-0.39, 0.29) is 17.9 Å². The van der Waals surface area contributed by atoms with Crippen LogP contribution in [0.25, 0.3) is 0 Å². The quantitative estimate of drug-likeness (QED) is 0.871. The Balaban J connectivity index is 2.04. The molecule has 0 radical (unpaired) electrons. The van der Waals surface area contributed by atoms with E-state index in [9.17, 15) is 9.59 Å². The number of nitrogens with one attached hydrogen (secondary N) is 2. The van der Waals surface area contributed by atoms with Crippen molar-refractivity contribution in [3.63, 3.8) is 0 Å². The fourth-order valence-corrected chi connectivity index (χ4v) is 3.03.